The molecule has 0 saturated heterocycles. The topological polar surface area (TPSA) is 131 Å². The predicted octanol–water partition coefficient (Wildman–Crippen LogP) is 15.9. The smallest absolute Gasteiger partial charge is 0.463 e. The van der Waals surface area contributed by atoms with Gasteiger partial charge in [0.25, 0.3) is 0 Å². The number of rotatable bonds is 48. The van der Waals surface area contributed by atoms with E-state index in [2.05, 4.69) is 122 Å². The molecule has 2 atom stereocenters. The molecule has 0 aromatic rings. The third-order valence-corrected chi connectivity index (χ3v) is 11.7. The lowest BCUT2D eigenvalue weighted by Gasteiger charge is -2.15. The Morgan fingerprint density at radius 2 is 0.866 bits per heavy atom. The Bertz CT molecular complexity index is 1460. The van der Waals surface area contributed by atoms with Crippen molar-refractivity contribution in [3.63, 3.8) is 0 Å². The molecule has 0 aromatic heterocycles. The Kier molecular flexibility index (Phi) is 49.5. The molecule has 3 N–H and O–H groups in total. The quantitative estimate of drug-likeness (QED) is 0.0238. The van der Waals surface area contributed by atoms with Crippen LogP contribution in [0.3, 0.4) is 0 Å². The molecule has 1 amide bonds. The summed E-state index contributed by atoms with van der Waals surface area (Å²) in [5.74, 6) is -0.582. The summed E-state index contributed by atoms with van der Waals surface area (Å²) < 4.78 is 27.0. The number of amides is 1. The van der Waals surface area contributed by atoms with E-state index >= 15 is 0 Å². The maximum Gasteiger partial charge on any atom is 0.472 e. The molecule has 0 aliphatic heterocycles. The van der Waals surface area contributed by atoms with Crippen molar-refractivity contribution >= 4 is 19.7 Å². The van der Waals surface area contributed by atoms with E-state index in [1.54, 1.807) is 0 Å². The zero-order valence-corrected chi connectivity index (χ0v) is 43.2. The van der Waals surface area contributed by atoms with Crippen LogP contribution < -0.4 is 5.32 Å². The Balaban J connectivity index is 3.66. The summed E-state index contributed by atoms with van der Waals surface area (Å²) in [5, 5.41) is 12.7. The van der Waals surface area contributed by atoms with E-state index in [0.29, 0.717) is 12.8 Å². The molecule has 10 heteroatoms. The highest BCUT2D eigenvalue weighted by Crippen LogP contribution is 2.42. The number of phosphoric ester groups is 1. The predicted molar refractivity (Wildman–Crippen MR) is 284 cm³/mol. The van der Waals surface area contributed by atoms with Crippen LogP contribution in [0, 0.1) is 0 Å². The summed E-state index contributed by atoms with van der Waals surface area (Å²) in [6.45, 7) is 3.35. The number of unbranched alkanes of at least 4 members (excludes halogenated alkanes) is 17. The molecule has 9 nitrogen and oxygen atoms in total. The molecule has 0 aromatic carbocycles. The lowest BCUT2D eigenvalue weighted by molar-refractivity contribution is -0.147. The normalized spacial score (nSPS) is 14.0. The second-order valence-corrected chi connectivity index (χ2v) is 18.6. The SMILES string of the molecule is CC/C=C\C/C=C\C/C=C\C/C=C\C/C=C\C/C=C\C/C=C\CCCC(=O)OCC(O)COP(=O)(O)OCCNC(=O)CCCCCCCCCCCCCCC/C=C\C/C=C\CCCCC. The van der Waals surface area contributed by atoms with Gasteiger partial charge in [0, 0.05) is 19.4 Å². The lowest BCUT2D eigenvalue weighted by atomic mass is 10.0. The summed E-state index contributed by atoms with van der Waals surface area (Å²) in [6, 6.07) is 0. The van der Waals surface area contributed by atoms with Gasteiger partial charge >= 0.3 is 13.8 Å². The van der Waals surface area contributed by atoms with Gasteiger partial charge in [0.15, 0.2) is 0 Å². The highest BCUT2D eigenvalue weighted by molar-refractivity contribution is 7.47. The molecule has 0 aliphatic carbocycles. The Hall–Kier alpha value is -3.33. The maximum atomic E-state index is 12.2. The van der Waals surface area contributed by atoms with E-state index < -0.39 is 26.5 Å². The van der Waals surface area contributed by atoms with Crippen molar-refractivity contribution in [3.05, 3.63) is 109 Å². The van der Waals surface area contributed by atoms with Crippen LogP contribution in [0.15, 0.2) is 109 Å². The van der Waals surface area contributed by atoms with Gasteiger partial charge in [-0.2, -0.15) is 0 Å². The maximum absolute atomic E-state index is 12.2. The van der Waals surface area contributed by atoms with Crippen molar-refractivity contribution in [1.82, 2.24) is 5.32 Å². The summed E-state index contributed by atoms with van der Waals surface area (Å²) in [5.41, 5.74) is 0. The van der Waals surface area contributed by atoms with Gasteiger partial charge in [0.05, 0.1) is 13.2 Å². The number of carbonyl (C=O) groups is 2. The third kappa shape index (κ3) is 53.5. The van der Waals surface area contributed by atoms with Crippen molar-refractivity contribution in [2.75, 3.05) is 26.4 Å². The van der Waals surface area contributed by atoms with E-state index in [1.807, 2.05) is 6.08 Å². The monoisotopic (exact) mass is 954 g/mol. The zero-order chi connectivity index (χ0) is 48.8. The molecular formula is C57H96NO8P. The average Bonchev–Trinajstić information content (AvgIpc) is 3.32. The first kappa shape index (κ1) is 63.7. The van der Waals surface area contributed by atoms with Crippen molar-refractivity contribution in [2.24, 2.45) is 0 Å². The molecule has 0 heterocycles. The first-order valence-electron chi connectivity index (χ1n) is 26.4. The van der Waals surface area contributed by atoms with E-state index in [1.165, 1.54) is 96.3 Å². The number of hydrogen-bond acceptors (Lipinski definition) is 7. The summed E-state index contributed by atoms with van der Waals surface area (Å²) in [4.78, 5) is 34.1. The van der Waals surface area contributed by atoms with Crippen LogP contribution in [0.25, 0.3) is 0 Å². The molecular weight excluding hydrogens is 858 g/mol. The molecule has 0 saturated carbocycles. The van der Waals surface area contributed by atoms with Crippen LogP contribution in [0.4, 0.5) is 0 Å². The van der Waals surface area contributed by atoms with E-state index in [4.69, 9.17) is 13.8 Å². The van der Waals surface area contributed by atoms with E-state index in [-0.39, 0.29) is 32.1 Å². The minimum atomic E-state index is -4.45. The number of aliphatic hydroxyl groups excluding tert-OH is 1. The fraction of sp³-hybridized carbons (Fsp3) is 0.649. The molecule has 382 valence electrons. The fourth-order valence-corrected chi connectivity index (χ4v) is 7.51. The summed E-state index contributed by atoms with van der Waals surface area (Å²) >= 11 is 0. The molecule has 0 spiro atoms. The van der Waals surface area contributed by atoms with Crippen molar-refractivity contribution in [2.45, 2.75) is 213 Å². The van der Waals surface area contributed by atoms with Crippen molar-refractivity contribution in [1.29, 1.82) is 0 Å². The van der Waals surface area contributed by atoms with Gasteiger partial charge in [-0.1, -0.05) is 207 Å². The third-order valence-electron chi connectivity index (χ3n) is 10.7. The fourth-order valence-electron chi connectivity index (χ4n) is 6.75. The van der Waals surface area contributed by atoms with Gasteiger partial charge in [-0.15, -0.1) is 0 Å². The standard InChI is InChI=1S/C57H96NO8P/c1-3-5-7-9-11-13-15-17-19-21-23-25-27-29-31-33-35-37-39-41-43-45-47-49-56(60)58-51-52-65-67(62,63)66-54-55(59)53-64-57(61)50-48-46-44-42-40-38-36-34-32-30-28-26-24-22-20-18-16-14-12-10-8-6-4-2/h6,8,11-14,17-20,24,26,30,32,36,38,42,44,55,59H,3-5,7,9-10,15-16,21-23,25,27-29,31,33-35,37,39-41,43,45-54H2,1-2H3,(H,58,60)(H,62,63)/b8-6-,13-11-,14-12-,19-17-,20-18-,26-24-,32-30-,38-36-,44-42-. The zero-order valence-electron chi connectivity index (χ0n) is 42.3. The Morgan fingerprint density at radius 1 is 0.478 bits per heavy atom. The molecule has 0 bridgehead atoms. The van der Waals surface area contributed by atoms with Crippen LogP contribution in [0.2, 0.25) is 0 Å². The molecule has 0 radical (unpaired) electrons. The number of ether oxygens (including phenoxy) is 1. The molecule has 0 aliphatic rings. The van der Waals surface area contributed by atoms with Gasteiger partial charge in [0.2, 0.25) is 5.91 Å². The summed E-state index contributed by atoms with van der Waals surface area (Å²) in [7, 11) is -4.45. The van der Waals surface area contributed by atoms with Gasteiger partial charge in [-0.3, -0.25) is 18.6 Å². The number of aliphatic hydroxyl groups is 1. The van der Waals surface area contributed by atoms with Crippen LogP contribution in [0.5, 0.6) is 0 Å². The van der Waals surface area contributed by atoms with Crippen LogP contribution in [-0.4, -0.2) is 54.3 Å². The molecule has 0 rings (SSSR count). The highest BCUT2D eigenvalue weighted by atomic mass is 31.2. The minimum Gasteiger partial charge on any atom is -0.463 e. The second kappa shape index (κ2) is 52.0. The first-order valence-corrected chi connectivity index (χ1v) is 27.9. The number of hydrogen-bond donors (Lipinski definition) is 3. The molecule has 2 unspecified atom stereocenters. The van der Waals surface area contributed by atoms with Crippen LogP contribution >= 0.6 is 7.82 Å². The number of phosphoric acid groups is 1. The molecule has 0 fully saturated rings. The highest BCUT2D eigenvalue weighted by Gasteiger charge is 2.23. The van der Waals surface area contributed by atoms with E-state index in [9.17, 15) is 24.2 Å². The van der Waals surface area contributed by atoms with Gasteiger partial charge in [-0.05, 0) is 96.3 Å². The number of carbonyl (C=O) groups excluding carboxylic acids is 2. The van der Waals surface area contributed by atoms with Gasteiger partial charge < -0.3 is 20.1 Å². The van der Waals surface area contributed by atoms with Crippen molar-refractivity contribution < 1.29 is 37.9 Å². The minimum absolute atomic E-state index is 0.0688. The summed E-state index contributed by atoms with van der Waals surface area (Å²) in [6.07, 6.45) is 70.4. The second-order valence-electron chi connectivity index (χ2n) is 17.1. The Morgan fingerprint density at radius 3 is 1.31 bits per heavy atom. The molecule has 67 heavy (non-hydrogen) atoms. The first-order chi connectivity index (χ1) is 32.8. The van der Waals surface area contributed by atoms with Gasteiger partial charge in [0.1, 0.15) is 12.7 Å². The average molecular weight is 954 g/mol. The van der Waals surface area contributed by atoms with Crippen LogP contribution in [-0.2, 0) is 27.9 Å². The van der Waals surface area contributed by atoms with E-state index in [0.717, 1.165) is 77.0 Å². The lowest BCUT2D eigenvalue weighted by Crippen LogP contribution is -2.27. The van der Waals surface area contributed by atoms with Crippen molar-refractivity contribution in [3.8, 4) is 0 Å². The van der Waals surface area contributed by atoms with Gasteiger partial charge in [-0.25, -0.2) is 4.57 Å². The number of allylic oxidation sites excluding steroid dienone is 18. The largest absolute Gasteiger partial charge is 0.472 e. The number of esters is 1. The number of nitrogens with one attached hydrogen (secondary N) is 1. The Labute approximate surface area is 409 Å². The van der Waals surface area contributed by atoms with Crippen LogP contribution in [0.1, 0.15) is 206 Å².